The third kappa shape index (κ3) is 6.29. The van der Waals surface area contributed by atoms with E-state index in [0.717, 1.165) is 38.2 Å². The van der Waals surface area contributed by atoms with Crippen LogP contribution < -0.4 is 11.1 Å². The second kappa shape index (κ2) is 10.5. The number of nitrogens with two attached hydrogens (primary N) is 1. The van der Waals surface area contributed by atoms with Crippen molar-refractivity contribution in [2.75, 3.05) is 18.5 Å². The minimum absolute atomic E-state index is 0. The average Bonchev–Trinajstić information content (AvgIpc) is 2.63. The summed E-state index contributed by atoms with van der Waals surface area (Å²) in [7, 11) is 0. The highest BCUT2D eigenvalue weighted by molar-refractivity contribution is 14.0. The van der Waals surface area contributed by atoms with E-state index >= 15 is 0 Å². The van der Waals surface area contributed by atoms with Crippen LogP contribution in [0.5, 0.6) is 0 Å². The van der Waals surface area contributed by atoms with Crippen LogP contribution in [-0.4, -0.2) is 19.2 Å². The molecule has 140 valence electrons. The van der Waals surface area contributed by atoms with E-state index in [2.05, 4.69) is 48.6 Å². The van der Waals surface area contributed by atoms with Crippen molar-refractivity contribution in [1.29, 1.82) is 0 Å². The topological polar surface area (TPSA) is 59.6 Å². The van der Waals surface area contributed by atoms with Gasteiger partial charge in [0.2, 0.25) is 0 Å². The fourth-order valence-corrected chi connectivity index (χ4v) is 3.31. The first-order chi connectivity index (χ1) is 12.2. The van der Waals surface area contributed by atoms with E-state index in [9.17, 15) is 0 Å². The second-order valence-corrected chi connectivity index (χ2v) is 6.73. The fraction of sp³-hybridized carbons (Fsp3) is 0.381. The standard InChI is InChI=1S/C21H27N3O.HI/c1-16-6-5-9-19(14-16)23-21(22)24-20(18-7-3-2-4-8-18)15-17-10-12-25-13-11-17;/h2-9,14,17,20H,10-13,15H2,1H3,(H3,22,23,24);1H. The quantitative estimate of drug-likeness (QED) is 0.375. The van der Waals surface area contributed by atoms with Gasteiger partial charge in [-0.15, -0.1) is 24.0 Å². The molecule has 0 saturated carbocycles. The van der Waals surface area contributed by atoms with Crippen LogP contribution in [0.4, 0.5) is 5.69 Å². The molecule has 1 heterocycles. The molecule has 1 atom stereocenters. The summed E-state index contributed by atoms with van der Waals surface area (Å²) in [5.41, 5.74) is 9.59. The number of hydrogen-bond donors (Lipinski definition) is 2. The molecule has 2 aromatic rings. The Kier molecular flexibility index (Phi) is 8.38. The van der Waals surface area contributed by atoms with Crippen molar-refractivity contribution in [2.24, 2.45) is 16.6 Å². The molecule has 0 bridgehead atoms. The monoisotopic (exact) mass is 465 g/mol. The summed E-state index contributed by atoms with van der Waals surface area (Å²) in [5.74, 6) is 1.10. The number of hydrogen-bond acceptors (Lipinski definition) is 2. The van der Waals surface area contributed by atoms with Crippen LogP contribution in [0, 0.1) is 12.8 Å². The molecule has 2 aromatic carbocycles. The van der Waals surface area contributed by atoms with E-state index in [4.69, 9.17) is 15.5 Å². The lowest BCUT2D eigenvalue weighted by Crippen LogP contribution is -2.25. The maximum Gasteiger partial charge on any atom is 0.193 e. The highest BCUT2D eigenvalue weighted by Crippen LogP contribution is 2.30. The number of benzene rings is 2. The van der Waals surface area contributed by atoms with Gasteiger partial charge in [0.05, 0.1) is 6.04 Å². The Bertz CT molecular complexity index is 699. The molecule has 3 rings (SSSR count). The average molecular weight is 465 g/mol. The highest BCUT2D eigenvalue weighted by Gasteiger charge is 2.20. The van der Waals surface area contributed by atoms with Gasteiger partial charge in [-0.3, -0.25) is 0 Å². The van der Waals surface area contributed by atoms with Crippen LogP contribution in [0.2, 0.25) is 0 Å². The molecular formula is C21H28IN3O. The summed E-state index contributed by atoms with van der Waals surface area (Å²) >= 11 is 0. The first kappa shape index (κ1) is 20.7. The molecule has 5 heteroatoms. The number of nitrogens with one attached hydrogen (secondary N) is 1. The lowest BCUT2D eigenvalue weighted by atomic mass is 9.90. The molecule has 4 nitrogen and oxygen atoms in total. The van der Waals surface area contributed by atoms with E-state index in [1.54, 1.807) is 0 Å². The molecular weight excluding hydrogens is 437 g/mol. The Morgan fingerprint density at radius 3 is 2.58 bits per heavy atom. The van der Waals surface area contributed by atoms with Gasteiger partial charge < -0.3 is 15.8 Å². The van der Waals surface area contributed by atoms with Crippen molar-refractivity contribution in [3.8, 4) is 0 Å². The normalized spacial score (nSPS) is 16.6. The number of rotatable bonds is 5. The predicted octanol–water partition coefficient (Wildman–Crippen LogP) is 4.90. The van der Waals surface area contributed by atoms with Gasteiger partial charge in [0, 0.05) is 18.9 Å². The zero-order chi connectivity index (χ0) is 17.5. The molecule has 1 aliphatic heterocycles. The number of nitrogens with zero attached hydrogens (tertiary/aromatic N) is 1. The van der Waals surface area contributed by atoms with E-state index in [-0.39, 0.29) is 30.0 Å². The van der Waals surface area contributed by atoms with Gasteiger partial charge in [0.15, 0.2) is 5.96 Å². The van der Waals surface area contributed by atoms with E-state index in [1.165, 1.54) is 11.1 Å². The molecule has 0 spiro atoms. The smallest absolute Gasteiger partial charge is 0.193 e. The molecule has 0 amide bonds. The third-order valence-electron chi connectivity index (χ3n) is 4.67. The number of guanidine groups is 1. The van der Waals surface area contributed by atoms with Crippen LogP contribution in [0.1, 0.15) is 36.4 Å². The molecule has 0 radical (unpaired) electrons. The predicted molar refractivity (Wildman–Crippen MR) is 119 cm³/mol. The minimum Gasteiger partial charge on any atom is -0.381 e. The van der Waals surface area contributed by atoms with Gasteiger partial charge in [-0.2, -0.15) is 0 Å². The van der Waals surface area contributed by atoms with E-state index < -0.39 is 0 Å². The Morgan fingerprint density at radius 2 is 1.88 bits per heavy atom. The number of aliphatic imine (C=N–C) groups is 1. The Hall–Kier alpha value is -1.60. The number of halogens is 1. The van der Waals surface area contributed by atoms with E-state index in [0.29, 0.717) is 11.9 Å². The SMILES string of the molecule is Cc1cccc(NC(N)=NC(CC2CCOCC2)c2ccccc2)c1.I. The summed E-state index contributed by atoms with van der Waals surface area (Å²) in [6.07, 6.45) is 3.21. The molecule has 26 heavy (non-hydrogen) atoms. The lowest BCUT2D eigenvalue weighted by molar-refractivity contribution is 0.0619. The van der Waals surface area contributed by atoms with Crippen LogP contribution >= 0.6 is 24.0 Å². The molecule has 1 unspecified atom stereocenters. The zero-order valence-electron chi connectivity index (χ0n) is 15.2. The molecule has 1 saturated heterocycles. The molecule has 0 aliphatic carbocycles. The van der Waals surface area contributed by atoms with Crippen LogP contribution in [0.3, 0.4) is 0 Å². The number of aryl methyl sites for hydroxylation is 1. The fourth-order valence-electron chi connectivity index (χ4n) is 3.31. The molecule has 3 N–H and O–H groups in total. The van der Waals surface area contributed by atoms with Gasteiger partial charge in [-0.25, -0.2) is 4.99 Å². The lowest BCUT2D eigenvalue weighted by Gasteiger charge is -2.25. The Morgan fingerprint density at radius 1 is 1.15 bits per heavy atom. The number of ether oxygens (including phenoxy) is 1. The summed E-state index contributed by atoms with van der Waals surface area (Å²) < 4.78 is 5.49. The summed E-state index contributed by atoms with van der Waals surface area (Å²) in [4.78, 5) is 4.81. The molecule has 1 fully saturated rings. The highest BCUT2D eigenvalue weighted by atomic mass is 127. The second-order valence-electron chi connectivity index (χ2n) is 6.73. The van der Waals surface area contributed by atoms with Crippen molar-refractivity contribution in [3.63, 3.8) is 0 Å². The van der Waals surface area contributed by atoms with Gasteiger partial charge >= 0.3 is 0 Å². The zero-order valence-corrected chi connectivity index (χ0v) is 17.6. The van der Waals surface area contributed by atoms with Gasteiger partial charge in [-0.05, 0) is 55.4 Å². The first-order valence-corrected chi connectivity index (χ1v) is 9.00. The van der Waals surface area contributed by atoms with Gasteiger partial charge in [0.1, 0.15) is 0 Å². The van der Waals surface area contributed by atoms with Crippen molar-refractivity contribution < 1.29 is 4.74 Å². The maximum absolute atomic E-state index is 6.21. The van der Waals surface area contributed by atoms with Crippen LogP contribution in [0.25, 0.3) is 0 Å². The summed E-state index contributed by atoms with van der Waals surface area (Å²) in [6.45, 7) is 3.77. The molecule has 0 aromatic heterocycles. The Balaban J connectivity index is 0.00000243. The third-order valence-corrected chi connectivity index (χ3v) is 4.67. The molecule has 1 aliphatic rings. The van der Waals surface area contributed by atoms with Crippen molar-refractivity contribution in [3.05, 3.63) is 65.7 Å². The number of anilines is 1. The van der Waals surface area contributed by atoms with Crippen LogP contribution in [-0.2, 0) is 4.74 Å². The summed E-state index contributed by atoms with van der Waals surface area (Å²) in [5, 5.41) is 3.22. The first-order valence-electron chi connectivity index (χ1n) is 9.00. The van der Waals surface area contributed by atoms with Gasteiger partial charge in [-0.1, -0.05) is 42.5 Å². The van der Waals surface area contributed by atoms with Crippen LogP contribution in [0.15, 0.2) is 59.6 Å². The largest absolute Gasteiger partial charge is 0.381 e. The van der Waals surface area contributed by atoms with Gasteiger partial charge in [0.25, 0.3) is 0 Å². The maximum atomic E-state index is 6.21. The Labute approximate surface area is 173 Å². The van der Waals surface area contributed by atoms with Crippen molar-refractivity contribution in [2.45, 2.75) is 32.2 Å². The van der Waals surface area contributed by atoms with E-state index in [1.807, 2.05) is 18.2 Å². The minimum atomic E-state index is 0. The van der Waals surface area contributed by atoms with Crippen molar-refractivity contribution in [1.82, 2.24) is 0 Å². The van der Waals surface area contributed by atoms with Crippen molar-refractivity contribution >= 4 is 35.6 Å². The summed E-state index contributed by atoms with van der Waals surface area (Å²) in [6, 6.07) is 18.6.